The quantitative estimate of drug-likeness (QED) is 0.826. The van der Waals surface area contributed by atoms with E-state index < -0.39 is 0 Å². The number of anilines is 1. The van der Waals surface area contributed by atoms with Crippen LogP contribution in [0, 0.1) is 12.7 Å². The van der Waals surface area contributed by atoms with Crippen LogP contribution in [-0.2, 0) is 4.79 Å². The maximum Gasteiger partial charge on any atom is 0.242 e. The molecule has 0 spiro atoms. The second-order valence-corrected chi connectivity index (χ2v) is 4.42. The van der Waals surface area contributed by atoms with Crippen molar-refractivity contribution in [3.8, 4) is 0 Å². The van der Waals surface area contributed by atoms with Crippen molar-refractivity contribution >= 4 is 11.6 Å². The van der Waals surface area contributed by atoms with E-state index >= 15 is 0 Å². The van der Waals surface area contributed by atoms with Gasteiger partial charge in [0, 0.05) is 6.54 Å². The molecule has 1 saturated heterocycles. The van der Waals surface area contributed by atoms with Crippen LogP contribution in [0.15, 0.2) is 18.2 Å². The van der Waals surface area contributed by atoms with Crippen molar-refractivity contribution < 1.29 is 9.18 Å². The van der Waals surface area contributed by atoms with Gasteiger partial charge in [0.25, 0.3) is 0 Å². The Kier molecular flexibility index (Phi) is 3.61. The molecule has 0 saturated carbocycles. The van der Waals surface area contributed by atoms with Crippen LogP contribution in [0.2, 0.25) is 0 Å². The minimum atomic E-state index is -0.326. The molecule has 0 aliphatic carbocycles. The number of benzene rings is 1. The fourth-order valence-corrected chi connectivity index (χ4v) is 2.07. The second kappa shape index (κ2) is 5.17. The lowest BCUT2D eigenvalue weighted by Crippen LogP contribution is -2.38. The highest BCUT2D eigenvalue weighted by Crippen LogP contribution is 2.21. The van der Waals surface area contributed by atoms with Crippen LogP contribution >= 0.6 is 0 Å². The van der Waals surface area contributed by atoms with Crippen LogP contribution in [0.4, 0.5) is 10.1 Å². The molecule has 1 fully saturated rings. The number of para-hydroxylation sites is 1. The van der Waals surface area contributed by atoms with E-state index in [2.05, 4.69) is 10.6 Å². The number of carbonyl (C=O) groups excluding carboxylic acids is 1. The Balaban J connectivity index is 2.16. The molecular formula is C13H17FN2O. The van der Waals surface area contributed by atoms with Crippen molar-refractivity contribution in [2.24, 2.45) is 0 Å². The molecule has 3 nitrogen and oxygen atoms in total. The molecule has 1 atom stereocenters. The fraction of sp³-hybridized carbons (Fsp3) is 0.462. The smallest absolute Gasteiger partial charge is 0.242 e. The maximum absolute atomic E-state index is 13.6. The van der Waals surface area contributed by atoms with Gasteiger partial charge in [-0.25, -0.2) is 4.39 Å². The van der Waals surface area contributed by atoms with Gasteiger partial charge in [-0.2, -0.15) is 0 Å². The van der Waals surface area contributed by atoms with Crippen LogP contribution < -0.4 is 10.6 Å². The lowest BCUT2D eigenvalue weighted by Gasteiger charge is -2.18. The van der Waals surface area contributed by atoms with Gasteiger partial charge in [0.2, 0.25) is 5.91 Å². The van der Waals surface area contributed by atoms with E-state index in [0.29, 0.717) is 12.2 Å². The third-order valence-corrected chi connectivity index (χ3v) is 3.08. The molecule has 1 aliphatic rings. The molecule has 1 unspecified atom stereocenters. The first-order chi connectivity index (χ1) is 8.18. The number of rotatable bonds is 2. The highest BCUT2D eigenvalue weighted by Gasteiger charge is 2.21. The molecule has 0 radical (unpaired) electrons. The van der Waals surface area contributed by atoms with Gasteiger partial charge in [-0.05, 0) is 37.8 Å². The number of hydrogen-bond donors (Lipinski definition) is 2. The van der Waals surface area contributed by atoms with Crippen molar-refractivity contribution in [1.29, 1.82) is 0 Å². The molecule has 1 heterocycles. The predicted octanol–water partition coefficient (Wildman–Crippen LogP) is 2.21. The van der Waals surface area contributed by atoms with Crippen molar-refractivity contribution in [2.45, 2.75) is 32.2 Å². The van der Waals surface area contributed by atoms with E-state index in [-0.39, 0.29) is 17.8 Å². The summed E-state index contributed by atoms with van der Waals surface area (Å²) in [5.41, 5.74) is 1.26. The lowest BCUT2D eigenvalue weighted by atomic mass is 10.1. The molecular weight excluding hydrogens is 219 g/mol. The van der Waals surface area contributed by atoms with Gasteiger partial charge in [-0.1, -0.05) is 12.1 Å². The standard InChI is InChI=1S/C13H17FN2O/c1-9-5-4-6-10(14)12(9)16-11-7-2-3-8-15-13(11)17/h4-6,11,16H,2-3,7-8H2,1H3,(H,15,17). The first-order valence-corrected chi connectivity index (χ1v) is 5.98. The van der Waals surface area contributed by atoms with Gasteiger partial charge >= 0.3 is 0 Å². The number of hydrogen-bond acceptors (Lipinski definition) is 2. The molecule has 1 amide bonds. The summed E-state index contributed by atoms with van der Waals surface area (Å²) in [6.07, 6.45) is 2.71. The fourth-order valence-electron chi connectivity index (χ4n) is 2.07. The Bertz CT molecular complexity index is 400. The molecule has 92 valence electrons. The molecule has 1 aromatic rings. The highest BCUT2D eigenvalue weighted by molar-refractivity contribution is 5.85. The summed E-state index contributed by atoms with van der Waals surface area (Å²) in [6.45, 7) is 2.55. The number of amides is 1. The Morgan fingerprint density at radius 1 is 1.41 bits per heavy atom. The second-order valence-electron chi connectivity index (χ2n) is 4.42. The van der Waals surface area contributed by atoms with E-state index in [1.165, 1.54) is 6.07 Å². The van der Waals surface area contributed by atoms with E-state index in [4.69, 9.17) is 0 Å². The molecule has 2 N–H and O–H groups in total. The molecule has 1 aromatic carbocycles. The zero-order chi connectivity index (χ0) is 12.3. The highest BCUT2D eigenvalue weighted by atomic mass is 19.1. The van der Waals surface area contributed by atoms with Crippen molar-refractivity contribution in [2.75, 3.05) is 11.9 Å². The third kappa shape index (κ3) is 2.75. The SMILES string of the molecule is Cc1cccc(F)c1NC1CCCCNC1=O. The van der Waals surface area contributed by atoms with Crippen molar-refractivity contribution in [1.82, 2.24) is 5.32 Å². The summed E-state index contributed by atoms with van der Waals surface area (Å²) in [7, 11) is 0. The van der Waals surface area contributed by atoms with Crippen LogP contribution in [0.1, 0.15) is 24.8 Å². The minimum absolute atomic E-state index is 0.0369. The normalized spacial score (nSPS) is 20.6. The van der Waals surface area contributed by atoms with Gasteiger partial charge in [0.05, 0.1) is 5.69 Å². The monoisotopic (exact) mass is 236 g/mol. The van der Waals surface area contributed by atoms with Gasteiger partial charge in [-0.3, -0.25) is 4.79 Å². The molecule has 0 bridgehead atoms. The van der Waals surface area contributed by atoms with E-state index in [1.54, 1.807) is 6.07 Å². The summed E-state index contributed by atoms with van der Waals surface area (Å²) in [6, 6.07) is 4.58. The zero-order valence-electron chi connectivity index (χ0n) is 9.92. The van der Waals surface area contributed by atoms with E-state index in [0.717, 1.165) is 24.8 Å². The van der Waals surface area contributed by atoms with Crippen LogP contribution in [0.25, 0.3) is 0 Å². The lowest BCUT2D eigenvalue weighted by molar-refractivity contribution is -0.121. The van der Waals surface area contributed by atoms with Crippen LogP contribution in [0.3, 0.4) is 0 Å². The molecule has 0 aromatic heterocycles. The summed E-state index contributed by atoms with van der Waals surface area (Å²) in [5, 5.41) is 5.85. The molecule has 4 heteroatoms. The molecule has 1 aliphatic heterocycles. The van der Waals surface area contributed by atoms with Gasteiger partial charge in [0.15, 0.2) is 0 Å². The topological polar surface area (TPSA) is 41.1 Å². The summed E-state index contributed by atoms with van der Waals surface area (Å²) >= 11 is 0. The Hall–Kier alpha value is -1.58. The van der Waals surface area contributed by atoms with Crippen LogP contribution in [-0.4, -0.2) is 18.5 Å². The number of aryl methyl sites for hydroxylation is 1. The summed E-state index contributed by atoms with van der Waals surface area (Å²) < 4.78 is 13.6. The van der Waals surface area contributed by atoms with Gasteiger partial charge < -0.3 is 10.6 Å². The average Bonchev–Trinajstić information content (AvgIpc) is 2.49. The van der Waals surface area contributed by atoms with Crippen molar-refractivity contribution in [3.05, 3.63) is 29.6 Å². The Morgan fingerprint density at radius 2 is 2.24 bits per heavy atom. The summed E-state index contributed by atoms with van der Waals surface area (Å²) in [5.74, 6) is -0.341. The third-order valence-electron chi connectivity index (χ3n) is 3.08. The first kappa shape index (κ1) is 11.9. The van der Waals surface area contributed by atoms with Gasteiger partial charge in [-0.15, -0.1) is 0 Å². The summed E-state index contributed by atoms with van der Waals surface area (Å²) in [4.78, 5) is 11.7. The zero-order valence-corrected chi connectivity index (χ0v) is 9.92. The predicted molar refractivity (Wildman–Crippen MR) is 65.4 cm³/mol. The first-order valence-electron chi connectivity index (χ1n) is 5.98. The Labute approximate surface area is 100 Å². The Morgan fingerprint density at radius 3 is 3.00 bits per heavy atom. The number of carbonyl (C=O) groups is 1. The molecule has 17 heavy (non-hydrogen) atoms. The van der Waals surface area contributed by atoms with E-state index in [9.17, 15) is 9.18 Å². The largest absolute Gasteiger partial charge is 0.371 e. The number of halogens is 1. The number of nitrogens with one attached hydrogen (secondary N) is 2. The van der Waals surface area contributed by atoms with E-state index in [1.807, 2.05) is 13.0 Å². The average molecular weight is 236 g/mol. The minimum Gasteiger partial charge on any atom is -0.371 e. The molecule has 2 rings (SSSR count). The van der Waals surface area contributed by atoms with Crippen molar-refractivity contribution in [3.63, 3.8) is 0 Å². The van der Waals surface area contributed by atoms with Gasteiger partial charge in [0.1, 0.15) is 11.9 Å². The van der Waals surface area contributed by atoms with Crippen LogP contribution in [0.5, 0.6) is 0 Å². The maximum atomic E-state index is 13.6.